The van der Waals surface area contributed by atoms with Crippen molar-refractivity contribution in [1.82, 2.24) is 10.2 Å². The standard InChI is InChI=1S/C14H11F3N2/c15-14(16,17)11-4-2-1-3-10(11)13-8-7-12(18-19-13)9-5-6-9/h1-4,7-9H,5-6H2. The van der Waals surface area contributed by atoms with E-state index < -0.39 is 11.7 Å². The Morgan fingerprint density at radius 2 is 1.68 bits per heavy atom. The maximum atomic E-state index is 12.9. The summed E-state index contributed by atoms with van der Waals surface area (Å²) >= 11 is 0. The van der Waals surface area contributed by atoms with Crippen LogP contribution < -0.4 is 0 Å². The molecule has 98 valence electrons. The van der Waals surface area contributed by atoms with Gasteiger partial charge >= 0.3 is 6.18 Å². The summed E-state index contributed by atoms with van der Waals surface area (Å²) in [6.07, 6.45) is -2.20. The molecule has 19 heavy (non-hydrogen) atoms. The Balaban J connectivity index is 2.01. The van der Waals surface area contributed by atoms with Gasteiger partial charge in [-0.05, 0) is 31.0 Å². The van der Waals surface area contributed by atoms with Crippen LogP contribution >= 0.6 is 0 Å². The lowest BCUT2D eigenvalue weighted by atomic mass is 10.0. The van der Waals surface area contributed by atoms with E-state index in [1.54, 1.807) is 18.2 Å². The van der Waals surface area contributed by atoms with Crippen molar-refractivity contribution in [1.29, 1.82) is 0 Å². The van der Waals surface area contributed by atoms with Crippen LogP contribution in [0.4, 0.5) is 13.2 Å². The van der Waals surface area contributed by atoms with E-state index in [-0.39, 0.29) is 11.3 Å². The highest BCUT2D eigenvalue weighted by atomic mass is 19.4. The Labute approximate surface area is 108 Å². The molecule has 0 aliphatic heterocycles. The van der Waals surface area contributed by atoms with Crippen molar-refractivity contribution in [3.63, 3.8) is 0 Å². The predicted octanol–water partition coefficient (Wildman–Crippen LogP) is 4.04. The molecule has 0 radical (unpaired) electrons. The monoisotopic (exact) mass is 264 g/mol. The third-order valence-corrected chi connectivity index (χ3v) is 3.19. The van der Waals surface area contributed by atoms with Crippen molar-refractivity contribution in [2.24, 2.45) is 0 Å². The molecular formula is C14H11F3N2. The second-order valence-electron chi connectivity index (χ2n) is 4.66. The van der Waals surface area contributed by atoms with Crippen LogP contribution in [0.25, 0.3) is 11.3 Å². The first-order valence-electron chi connectivity index (χ1n) is 6.06. The summed E-state index contributed by atoms with van der Waals surface area (Å²) < 4.78 is 38.7. The molecule has 1 fully saturated rings. The van der Waals surface area contributed by atoms with Gasteiger partial charge in [-0.1, -0.05) is 18.2 Å². The van der Waals surface area contributed by atoms with Crippen LogP contribution in [0.2, 0.25) is 0 Å². The molecule has 2 nitrogen and oxygen atoms in total. The zero-order chi connectivity index (χ0) is 13.5. The summed E-state index contributed by atoms with van der Waals surface area (Å²) in [4.78, 5) is 0. The van der Waals surface area contributed by atoms with Gasteiger partial charge in [0.2, 0.25) is 0 Å². The largest absolute Gasteiger partial charge is 0.417 e. The van der Waals surface area contributed by atoms with E-state index in [0.717, 1.165) is 24.6 Å². The van der Waals surface area contributed by atoms with Gasteiger partial charge in [-0.2, -0.15) is 23.4 Å². The highest BCUT2D eigenvalue weighted by molar-refractivity contribution is 5.64. The number of hydrogen-bond acceptors (Lipinski definition) is 2. The van der Waals surface area contributed by atoms with E-state index >= 15 is 0 Å². The van der Waals surface area contributed by atoms with Crippen LogP contribution in [0, 0.1) is 0 Å². The summed E-state index contributed by atoms with van der Waals surface area (Å²) in [5.74, 6) is 0.444. The fraction of sp³-hybridized carbons (Fsp3) is 0.286. The van der Waals surface area contributed by atoms with Crippen LogP contribution in [-0.4, -0.2) is 10.2 Å². The normalized spacial score (nSPS) is 15.5. The van der Waals surface area contributed by atoms with Crippen molar-refractivity contribution < 1.29 is 13.2 Å². The average Bonchev–Trinajstić information content (AvgIpc) is 3.22. The quantitative estimate of drug-likeness (QED) is 0.818. The van der Waals surface area contributed by atoms with E-state index in [1.807, 2.05) is 0 Å². The Morgan fingerprint density at radius 3 is 2.26 bits per heavy atom. The molecule has 1 heterocycles. The van der Waals surface area contributed by atoms with Crippen LogP contribution in [0.15, 0.2) is 36.4 Å². The Bertz CT molecular complexity index is 586. The minimum atomic E-state index is -4.38. The van der Waals surface area contributed by atoms with E-state index in [4.69, 9.17) is 0 Å². The van der Waals surface area contributed by atoms with Gasteiger partial charge in [-0.15, -0.1) is 0 Å². The van der Waals surface area contributed by atoms with Crippen LogP contribution in [0.3, 0.4) is 0 Å². The summed E-state index contributed by atoms with van der Waals surface area (Å²) in [7, 11) is 0. The minimum Gasteiger partial charge on any atom is -0.166 e. The Morgan fingerprint density at radius 1 is 0.947 bits per heavy atom. The molecule has 0 N–H and O–H groups in total. The summed E-state index contributed by atoms with van der Waals surface area (Å²) in [5, 5.41) is 7.96. The zero-order valence-electron chi connectivity index (χ0n) is 9.98. The van der Waals surface area contributed by atoms with Gasteiger partial charge in [0.05, 0.1) is 17.0 Å². The summed E-state index contributed by atoms with van der Waals surface area (Å²) in [5.41, 5.74) is 0.527. The maximum Gasteiger partial charge on any atom is 0.417 e. The van der Waals surface area contributed by atoms with Crippen molar-refractivity contribution in [2.45, 2.75) is 24.9 Å². The number of halogens is 3. The first-order chi connectivity index (χ1) is 9.05. The highest BCUT2D eigenvalue weighted by Crippen LogP contribution is 2.40. The number of hydrogen-bond donors (Lipinski definition) is 0. The smallest absolute Gasteiger partial charge is 0.166 e. The number of rotatable bonds is 2. The van der Waals surface area contributed by atoms with Crippen LogP contribution in [0.1, 0.15) is 30.0 Å². The lowest BCUT2D eigenvalue weighted by molar-refractivity contribution is -0.137. The summed E-state index contributed by atoms with van der Waals surface area (Å²) in [6.45, 7) is 0. The molecule has 1 aromatic heterocycles. The first kappa shape index (κ1) is 12.1. The summed E-state index contributed by atoms with van der Waals surface area (Å²) in [6, 6.07) is 8.81. The molecule has 0 bridgehead atoms. The molecule has 0 atom stereocenters. The van der Waals surface area contributed by atoms with E-state index in [1.165, 1.54) is 12.1 Å². The molecule has 1 aliphatic rings. The van der Waals surface area contributed by atoms with Gasteiger partial charge in [0.1, 0.15) is 0 Å². The lowest BCUT2D eigenvalue weighted by Crippen LogP contribution is -2.07. The Hall–Kier alpha value is -1.91. The average molecular weight is 264 g/mol. The van der Waals surface area contributed by atoms with Crippen molar-refractivity contribution in [3.8, 4) is 11.3 Å². The molecule has 1 aromatic carbocycles. The Kier molecular flexibility index (Phi) is 2.77. The van der Waals surface area contributed by atoms with Gasteiger partial charge in [-0.25, -0.2) is 0 Å². The van der Waals surface area contributed by atoms with Crippen molar-refractivity contribution in [3.05, 3.63) is 47.7 Å². The second kappa shape index (κ2) is 4.33. The van der Waals surface area contributed by atoms with Gasteiger partial charge in [0, 0.05) is 11.5 Å². The SMILES string of the molecule is FC(F)(F)c1ccccc1-c1ccc(C2CC2)nn1. The number of nitrogens with zero attached hydrogens (tertiary/aromatic N) is 2. The van der Waals surface area contributed by atoms with Gasteiger partial charge in [0.25, 0.3) is 0 Å². The molecule has 5 heteroatoms. The molecular weight excluding hydrogens is 253 g/mol. The second-order valence-corrected chi connectivity index (χ2v) is 4.66. The molecule has 0 unspecified atom stereocenters. The number of alkyl halides is 3. The molecule has 3 rings (SSSR count). The third-order valence-electron chi connectivity index (χ3n) is 3.19. The molecule has 0 saturated heterocycles. The minimum absolute atomic E-state index is 0.0739. The maximum absolute atomic E-state index is 12.9. The van der Waals surface area contributed by atoms with Crippen molar-refractivity contribution in [2.75, 3.05) is 0 Å². The van der Waals surface area contributed by atoms with Crippen LogP contribution in [0.5, 0.6) is 0 Å². The van der Waals surface area contributed by atoms with E-state index in [9.17, 15) is 13.2 Å². The van der Waals surface area contributed by atoms with E-state index in [0.29, 0.717) is 5.92 Å². The number of benzene rings is 1. The molecule has 1 aliphatic carbocycles. The third kappa shape index (κ3) is 2.45. The molecule has 2 aromatic rings. The fourth-order valence-corrected chi connectivity index (χ4v) is 2.04. The van der Waals surface area contributed by atoms with E-state index in [2.05, 4.69) is 10.2 Å². The van der Waals surface area contributed by atoms with Gasteiger partial charge < -0.3 is 0 Å². The zero-order valence-corrected chi connectivity index (χ0v) is 9.98. The molecule has 1 saturated carbocycles. The molecule has 0 spiro atoms. The fourth-order valence-electron chi connectivity index (χ4n) is 2.04. The highest BCUT2D eigenvalue weighted by Gasteiger charge is 2.34. The topological polar surface area (TPSA) is 25.8 Å². The van der Waals surface area contributed by atoms with Crippen LogP contribution in [-0.2, 0) is 6.18 Å². The van der Waals surface area contributed by atoms with Crippen molar-refractivity contribution >= 4 is 0 Å². The van der Waals surface area contributed by atoms with Gasteiger partial charge in [0.15, 0.2) is 0 Å². The first-order valence-corrected chi connectivity index (χ1v) is 6.06. The predicted molar refractivity (Wildman–Crippen MR) is 64.4 cm³/mol. The number of aromatic nitrogens is 2. The lowest BCUT2D eigenvalue weighted by Gasteiger charge is -2.11. The van der Waals surface area contributed by atoms with Gasteiger partial charge in [-0.3, -0.25) is 0 Å². The molecule has 0 amide bonds.